The Labute approximate surface area is 105 Å². The van der Waals surface area contributed by atoms with E-state index in [0.717, 1.165) is 42.4 Å². The first-order chi connectivity index (χ1) is 8.84. The largest absolute Gasteiger partial charge is 0.307 e. The van der Waals surface area contributed by atoms with Crippen LogP contribution < -0.4 is 5.32 Å². The summed E-state index contributed by atoms with van der Waals surface area (Å²) in [6.07, 6.45) is 6.52. The fraction of sp³-hybridized carbons (Fsp3) is 0.357. The molecule has 4 heteroatoms. The van der Waals surface area contributed by atoms with Crippen molar-refractivity contribution in [2.24, 2.45) is 0 Å². The molecule has 0 amide bonds. The molecule has 2 heterocycles. The topological polar surface area (TPSA) is 54.9 Å². The first kappa shape index (κ1) is 11.3. The van der Waals surface area contributed by atoms with Crippen molar-refractivity contribution in [1.82, 2.24) is 15.3 Å². The van der Waals surface area contributed by atoms with Crippen LogP contribution in [0.15, 0.2) is 30.6 Å². The molecule has 0 aliphatic carbocycles. The van der Waals surface area contributed by atoms with Crippen molar-refractivity contribution in [2.75, 3.05) is 6.54 Å². The van der Waals surface area contributed by atoms with E-state index in [0.29, 0.717) is 0 Å². The lowest BCUT2D eigenvalue weighted by atomic mass is 9.96. The Morgan fingerprint density at radius 1 is 1.17 bits per heavy atom. The van der Waals surface area contributed by atoms with Gasteiger partial charge in [0.05, 0.1) is 17.1 Å². The van der Waals surface area contributed by atoms with E-state index in [2.05, 4.69) is 15.3 Å². The van der Waals surface area contributed by atoms with Gasteiger partial charge in [0, 0.05) is 18.0 Å². The monoisotopic (exact) mass is 241 g/mol. The van der Waals surface area contributed by atoms with Gasteiger partial charge in [-0.15, -0.1) is 0 Å². The van der Waals surface area contributed by atoms with Gasteiger partial charge in [0.25, 0.3) is 0 Å². The number of carbonyl (C=O) groups excluding carboxylic acids is 1. The number of nitrogens with zero attached hydrogens (tertiary/aromatic N) is 2. The molecule has 3 rings (SSSR count). The summed E-state index contributed by atoms with van der Waals surface area (Å²) in [7, 11) is 0. The van der Waals surface area contributed by atoms with Crippen LogP contribution in [-0.4, -0.2) is 28.3 Å². The van der Waals surface area contributed by atoms with E-state index in [-0.39, 0.29) is 11.8 Å². The summed E-state index contributed by atoms with van der Waals surface area (Å²) in [6, 6.07) is 5.50. The second-order valence-corrected chi connectivity index (χ2v) is 4.63. The molecule has 92 valence electrons. The van der Waals surface area contributed by atoms with Gasteiger partial charge in [-0.05, 0) is 37.6 Å². The molecule has 1 aromatic heterocycles. The van der Waals surface area contributed by atoms with Gasteiger partial charge in [-0.25, -0.2) is 0 Å². The van der Waals surface area contributed by atoms with Crippen LogP contribution in [0.5, 0.6) is 0 Å². The van der Waals surface area contributed by atoms with Crippen LogP contribution in [0.2, 0.25) is 0 Å². The highest BCUT2D eigenvalue weighted by Gasteiger charge is 2.21. The first-order valence-electron chi connectivity index (χ1n) is 6.33. The van der Waals surface area contributed by atoms with E-state index >= 15 is 0 Å². The number of piperidine rings is 1. The zero-order valence-electron chi connectivity index (χ0n) is 10.1. The predicted octanol–water partition coefficient (Wildman–Crippen LogP) is 1.95. The van der Waals surface area contributed by atoms with Crippen molar-refractivity contribution in [1.29, 1.82) is 0 Å². The molecule has 0 spiro atoms. The van der Waals surface area contributed by atoms with E-state index in [1.54, 1.807) is 12.4 Å². The minimum atomic E-state index is -0.0344. The van der Waals surface area contributed by atoms with Crippen molar-refractivity contribution >= 4 is 16.8 Å². The third-order valence-electron chi connectivity index (χ3n) is 3.38. The average Bonchev–Trinajstić information content (AvgIpc) is 2.47. The predicted molar refractivity (Wildman–Crippen MR) is 69.5 cm³/mol. The zero-order valence-corrected chi connectivity index (χ0v) is 10.1. The number of hydrogen-bond acceptors (Lipinski definition) is 4. The van der Waals surface area contributed by atoms with E-state index in [1.165, 1.54) is 0 Å². The maximum atomic E-state index is 12.3. The fourth-order valence-electron chi connectivity index (χ4n) is 2.39. The number of ketones is 1. The van der Waals surface area contributed by atoms with Crippen LogP contribution in [0.4, 0.5) is 0 Å². The summed E-state index contributed by atoms with van der Waals surface area (Å²) in [5.41, 5.74) is 2.33. The van der Waals surface area contributed by atoms with Crippen LogP contribution >= 0.6 is 0 Å². The van der Waals surface area contributed by atoms with Crippen LogP contribution in [0.1, 0.15) is 29.6 Å². The van der Waals surface area contributed by atoms with Crippen molar-refractivity contribution in [3.8, 4) is 0 Å². The third kappa shape index (κ3) is 2.11. The Kier molecular flexibility index (Phi) is 3.02. The molecular weight excluding hydrogens is 226 g/mol. The number of hydrogen-bond donors (Lipinski definition) is 1. The second kappa shape index (κ2) is 4.82. The van der Waals surface area contributed by atoms with Gasteiger partial charge in [0.1, 0.15) is 0 Å². The number of aromatic nitrogens is 2. The lowest BCUT2D eigenvalue weighted by molar-refractivity contribution is 0.0927. The maximum absolute atomic E-state index is 12.3. The smallest absolute Gasteiger partial charge is 0.179 e. The number of Topliss-reactive ketones (excluding diaryl/α,β-unsaturated/α-hetero) is 1. The van der Waals surface area contributed by atoms with Crippen LogP contribution in [0.3, 0.4) is 0 Å². The molecule has 0 bridgehead atoms. The van der Waals surface area contributed by atoms with Gasteiger partial charge in [-0.2, -0.15) is 0 Å². The molecule has 18 heavy (non-hydrogen) atoms. The normalized spacial score (nSPS) is 19.9. The van der Waals surface area contributed by atoms with Gasteiger partial charge < -0.3 is 5.32 Å². The molecular formula is C14H15N3O. The Morgan fingerprint density at radius 3 is 2.78 bits per heavy atom. The molecule has 1 aliphatic heterocycles. The van der Waals surface area contributed by atoms with Crippen LogP contribution in [0, 0.1) is 0 Å². The van der Waals surface area contributed by atoms with Crippen LogP contribution in [-0.2, 0) is 0 Å². The van der Waals surface area contributed by atoms with Gasteiger partial charge in [-0.1, -0.05) is 6.42 Å². The molecule has 1 aromatic carbocycles. The van der Waals surface area contributed by atoms with Crippen molar-refractivity contribution in [2.45, 2.75) is 25.3 Å². The van der Waals surface area contributed by atoms with Crippen molar-refractivity contribution in [3.05, 3.63) is 36.2 Å². The summed E-state index contributed by atoms with van der Waals surface area (Å²) in [4.78, 5) is 20.8. The molecule has 1 fully saturated rings. The van der Waals surface area contributed by atoms with Gasteiger partial charge in [0.2, 0.25) is 0 Å². The number of carbonyl (C=O) groups is 1. The summed E-state index contributed by atoms with van der Waals surface area (Å²) in [5.74, 6) is 0.169. The van der Waals surface area contributed by atoms with E-state index in [9.17, 15) is 4.79 Å². The van der Waals surface area contributed by atoms with E-state index in [4.69, 9.17) is 0 Å². The molecule has 0 saturated carbocycles. The standard InChI is InChI=1S/C14H15N3O/c18-14(12-3-1-2-6-15-12)10-4-5-11-13(9-10)17-8-7-16-11/h4-5,7-9,12,15H,1-3,6H2. The molecule has 1 N–H and O–H groups in total. The highest BCUT2D eigenvalue weighted by molar-refractivity contribution is 6.02. The molecule has 1 saturated heterocycles. The highest BCUT2D eigenvalue weighted by Crippen LogP contribution is 2.16. The lowest BCUT2D eigenvalue weighted by Gasteiger charge is -2.22. The van der Waals surface area contributed by atoms with Gasteiger partial charge in [-0.3, -0.25) is 14.8 Å². The summed E-state index contributed by atoms with van der Waals surface area (Å²) in [5, 5.41) is 3.28. The molecule has 1 unspecified atom stereocenters. The molecule has 1 aliphatic rings. The summed E-state index contributed by atoms with van der Waals surface area (Å²) in [6.45, 7) is 0.934. The van der Waals surface area contributed by atoms with Gasteiger partial charge >= 0.3 is 0 Å². The van der Waals surface area contributed by atoms with Crippen molar-refractivity contribution < 1.29 is 4.79 Å². The summed E-state index contributed by atoms with van der Waals surface area (Å²) >= 11 is 0. The summed E-state index contributed by atoms with van der Waals surface area (Å²) < 4.78 is 0. The number of rotatable bonds is 2. The molecule has 4 nitrogen and oxygen atoms in total. The second-order valence-electron chi connectivity index (χ2n) is 4.63. The zero-order chi connectivity index (χ0) is 12.4. The number of fused-ring (bicyclic) bond motifs is 1. The minimum Gasteiger partial charge on any atom is -0.307 e. The highest BCUT2D eigenvalue weighted by atomic mass is 16.1. The number of benzene rings is 1. The quantitative estimate of drug-likeness (QED) is 0.816. The Bertz CT molecular complexity index is 576. The molecule has 1 atom stereocenters. The Balaban J connectivity index is 1.91. The number of nitrogens with one attached hydrogen (secondary N) is 1. The average molecular weight is 241 g/mol. The van der Waals surface area contributed by atoms with Gasteiger partial charge in [0.15, 0.2) is 5.78 Å². The third-order valence-corrected chi connectivity index (χ3v) is 3.38. The minimum absolute atomic E-state index is 0.0344. The van der Waals surface area contributed by atoms with Crippen LogP contribution in [0.25, 0.3) is 11.0 Å². The first-order valence-corrected chi connectivity index (χ1v) is 6.33. The fourth-order valence-corrected chi connectivity index (χ4v) is 2.39. The SMILES string of the molecule is O=C(c1ccc2nccnc2c1)C1CCCCN1. The lowest BCUT2D eigenvalue weighted by Crippen LogP contribution is -2.40. The van der Waals surface area contributed by atoms with E-state index in [1.807, 2.05) is 18.2 Å². The van der Waals surface area contributed by atoms with E-state index < -0.39 is 0 Å². The Morgan fingerprint density at radius 2 is 2.00 bits per heavy atom. The molecule has 2 aromatic rings. The molecule has 0 radical (unpaired) electrons. The van der Waals surface area contributed by atoms with Crippen molar-refractivity contribution in [3.63, 3.8) is 0 Å². The maximum Gasteiger partial charge on any atom is 0.179 e. The Hall–Kier alpha value is -1.81.